The summed E-state index contributed by atoms with van der Waals surface area (Å²) in [4.78, 5) is 12.8. The molecular formula is C30H50O4. The molecular weight excluding hydrogens is 424 g/mol. The van der Waals surface area contributed by atoms with E-state index in [0.29, 0.717) is 24.2 Å². The van der Waals surface area contributed by atoms with E-state index in [1.807, 2.05) is 0 Å². The van der Waals surface area contributed by atoms with Crippen LogP contribution in [-0.4, -0.2) is 33.5 Å². The van der Waals surface area contributed by atoms with Crippen LogP contribution in [0.4, 0.5) is 0 Å². The van der Waals surface area contributed by atoms with Crippen LogP contribution in [0, 0.1) is 56.2 Å². The number of carboxylic acids is 1. The summed E-state index contributed by atoms with van der Waals surface area (Å²) in [6.45, 7) is 16.5. The number of aliphatic carboxylic acids is 1. The Morgan fingerprint density at radius 1 is 0.647 bits per heavy atom. The molecule has 5 rings (SSSR count). The second-order valence-electron chi connectivity index (χ2n) is 15.7. The van der Waals surface area contributed by atoms with Crippen LogP contribution in [0.1, 0.15) is 113 Å². The van der Waals surface area contributed by atoms with Gasteiger partial charge in [-0.2, -0.15) is 0 Å². The van der Waals surface area contributed by atoms with Crippen LogP contribution in [0.5, 0.6) is 0 Å². The van der Waals surface area contributed by atoms with Gasteiger partial charge >= 0.3 is 5.97 Å². The normalized spacial score (nSPS) is 55.8. The first kappa shape index (κ1) is 25.1. The first-order chi connectivity index (χ1) is 15.5. The molecule has 0 aromatic carbocycles. The SMILES string of the molecule is CC1(C)CCC2(C(=O)O)CCC3C(C)(CCC4C5(C)CC(O)C(O)C(C)(C)C5CCC34C)C2C1. The summed E-state index contributed by atoms with van der Waals surface area (Å²) in [5.41, 5.74) is -0.369. The summed E-state index contributed by atoms with van der Waals surface area (Å²) < 4.78 is 0. The van der Waals surface area contributed by atoms with Crippen LogP contribution < -0.4 is 0 Å². The molecule has 0 heterocycles. The molecule has 0 amide bonds. The third-order valence-corrected chi connectivity index (χ3v) is 13.4. The Hall–Kier alpha value is -0.610. The minimum atomic E-state index is -0.655. The zero-order valence-corrected chi connectivity index (χ0v) is 22.8. The highest BCUT2D eigenvalue weighted by Gasteiger charge is 2.71. The van der Waals surface area contributed by atoms with E-state index in [1.165, 1.54) is 6.42 Å². The molecule has 0 radical (unpaired) electrons. The zero-order valence-electron chi connectivity index (χ0n) is 22.8. The molecule has 3 N–H and O–H groups in total. The Morgan fingerprint density at radius 3 is 1.79 bits per heavy atom. The van der Waals surface area contributed by atoms with Crippen LogP contribution in [0.3, 0.4) is 0 Å². The molecule has 0 spiro atoms. The number of hydrogen-bond acceptors (Lipinski definition) is 3. The molecule has 10 unspecified atom stereocenters. The predicted molar refractivity (Wildman–Crippen MR) is 134 cm³/mol. The van der Waals surface area contributed by atoms with Crippen molar-refractivity contribution in [1.29, 1.82) is 0 Å². The quantitative estimate of drug-likeness (QED) is 0.418. The molecule has 4 heteroatoms. The molecule has 5 fully saturated rings. The summed E-state index contributed by atoms with van der Waals surface area (Å²) >= 11 is 0. The summed E-state index contributed by atoms with van der Waals surface area (Å²) in [5.74, 6) is 1.18. The Morgan fingerprint density at radius 2 is 1.18 bits per heavy atom. The Bertz CT molecular complexity index is 864. The minimum absolute atomic E-state index is 0.0175. The van der Waals surface area contributed by atoms with Gasteiger partial charge in [0.2, 0.25) is 0 Å². The van der Waals surface area contributed by atoms with Gasteiger partial charge in [-0.15, -0.1) is 0 Å². The molecule has 5 saturated carbocycles. The van der Waals surface area contributed by atoms with Crippen LogP contribution in [-0.2, 0) is 4.79 Å². The fraction of sp³-hybridized carbons (Fsp3) is 0.967. The van der Waals surface area contributed by atoms with Crippen molar-refractivity contribution in [2.75, 3.05) is 0 Å². The second kappa shape index (κ2) is 7.24. The van der Waals surface area contributed by atoms with Crippen LogP contribution in [0.25, 0.3) is 0 Å². The lowest BCUT2D eigenvalue weighted by molar-refractivity contribution is -0.261. The molecule has 10 atom stereocenters. The third kappa shape index (κ3) is 2.99. The monoisotopic (exact) mass is 474 g/mol. The van der Waals surface area contributed by atoms with Crippen molar-refractivity contribution >= 4 is 5.97 Å². The Labute approximate surface area is 207 Å². The molecule has 0 saturated heterocycles. The average Bonchev–Trinajstić information content (AvgIpc) is 2.71. The first-order valence-electron chi connectivity index (χ1n) is 14.1. The lowest BCUT2D eigenvalue weighted by Gasteiger charge is -2.72. The maximum Gasteiger partial charge on any atom is 0.309 e. The van der Waals surface area contributed by atoms with Gasteiger partial charge in [0.05, 0.1) is 17.6 Å². The van der Waals surface area contributed by atoms with Crippen molar-refractivity contribution in [3.05, 3.63) is 0 Å². The molecule has 5 aliphatic rings. The van der Waals surface area contributed by atoms with E-state index in [0.717, 1.165) is 51.4 Å². The molecule has 0 aromatic heterocycles. The minimum Gasteiger partial charge on any atom is -0.481 e. The molecule has 5 aliphatic carbocycles. The fourth-order valence-corrected chi connectivity index (χ4v) is 11.8. The number of rotatable bonds is 1. The van der Waals surface area contributed by atoms with Gasteiger partial charge < -0.3 is 15.3 Å². The zero-order chi connectivity index (χ0) is 25.1. The predicted octanol–water partition coefficient (Wildman–Crippen LogP) is 6.28. The van der Waals surface area contributed by atoms with Crippen LogP contribution in [0.15, 0.2) is 0 Å². The average molecular weight is 475 g/mol. The number of aliphatic hydroxyl groups excluding tert-OH is 2. The number of hydrogen-bond donors (Lipinski definition) is 3. The summed E-state index contributed by atoms with van der Waals surface area (Å²) in [7, 11) is 0. The summed E-state index contributed by atoms with van der Waals surface area (Å²) in [6, 6.07) is 0. The van der Waals surface area contributed by atoms with E-state index < -0.39 is 23.6 Å². The van der Waals surface area contributed by atoms with E-state index in [9.17, 15) is 20.1 Å². The van der Waals surface area contributed by atoms with Gasteiger partial charge in [-0.3, -0.25) is 4.79 Å². The van der Waals surface area contributed by atoms with E-state index in [1.54, 1.807) is 0 Å². The maximum absolute atomic E-state index is 12.8. The smallest absolute Gasteiger partial charge is 0.309 e. The lowest BCUT2D eigenvalue weighted by atomic mass is 9.32. The molecule has 0 aromatic rings. The first-order valence-corrected chi connectivity index (χ1v) is 14.1. The van der Waals surface area contributed by atoms with Gasteiger partial charge in [-0.05, 0) is 115 Å². The van der Waals surface area contributed by atoms with Gasteiger partial charge in [0, 0.05) is 0 Å². The van der Waals surface area contributed by atoms with Crippen molar-refractivity contribution in [1.82, 2.24) is 0 Å². The van der Waals surface area contributed by atoms with E-state index in [-0.39, 0.29) is 33.0 Å². The van der Waals surface area contributed by atoms with Gasteiger partial charge in [-0.1, -0.05) is 48.5 Å². The molecule has 0 bridgehead atoms. The number of aliphatic hydroxyl groups is 2. The summed E-state index contributed by atoms with van der Waals surface area (Å²) in [6.07, 6.45) is 8.64. The Kier molecular flexibility index (Phi) is 5.34. The van der Waals surface area contributed by atoms with Crippen molar-refractivity contribution < 1.29 is 20.1 Å². The standard InChI is InChI=1S/C30H50O4/c1-25(2)14-15-30(24(33)34)13-10-20-27(5)11-8-19-26(3,4)23(32)18(31)16-29(19,7)21(27)9-12-28(20,6)22(30)17-25/h18-23,31-32H,8-17H2,1-7H3,(H,33,34). The van der Waals surface area contributed by atoms with Crippen molar-refractivity contribution in [3.63, 3.8) is 0 Å². The number of fused-ring (bicyclic) bond motifs is 7. The lowest BCUT2D eigenvalue weighted by Crippen LogP contribution is -2.68. The van der Waals surface area contributed by atoms with E-state index in [4.69, 9.17) is 0 Å². The van der Waals surface area contributed by atoms with Gasteiger partial charge in [0.25, 0.3) is 0 Å². The maximum atomic E-state index is 12.8. The van der Waals surface area contributed by atoms with Gasteiger partial charge in [0.1, 0.15) is 0 Å². The highest BCUT2D eigenvalue weighted by molar-refractivity contribution is 5.75. The Balaban J connectivity index is 1.55. The topological polar surface area (TPSA) is 77.8 Å². The highest BCUT2D eigenvalue weighted by atomic mass is 16.4. The molecule has 34 heavy (non-hydrogen) atoms. The molecule has 0 aliphatic heterocycles. The molecule has 194 valence electrons. The fourth-order valence-electron chi connectivity index (χ4n) is 11.8. The van der Waals surface area contributed by atoms with Crippen LogP contribution >= 0.6 is 0 Å². The van der Waals surface area contributed by atoms with E-state index >= 15 is 0 Å². The van der Waals surface area contributed by atoms with Crippen molar-refractivity contribution in [3.8, 4) is 0 Å². The van der Waals surface area contributed by atoms with Crippen LogP contribution in [0.2, 0.25) is 0 Å². The van der Waals surface area contributed by atoms with Crippen molar-refractivity contribution in [2.45, 2.75) is 125 Å². The third-order valence-electron chi connectivity index (χ3n) is 13.4. The van der Waals surface area contributed by atoms with Gasteiger partial charge in [0.15, 0.2) is 0 Å². The highest BCUT2D eigenvalue weighted by Crippen LogP contribution is 2.76. The number of carbonyl (C=O) groups is 1. The summed E-state index contributed by atoms with van der Waals surface area (Å²) in [5, 5.41) is 32.4. The molecule has 4 nitrogen and oxygen atoms in total. The van der Waals surface area contributed by atoms with Crippen molar-refractivity contribution in [2.24, 2.45) is 56.2 Å². The van der Waals surface area contributed by atoms with Gasteiger partial charge in [-0.25, -0.2) is 0 Å². The second-order valence-corrected chi connectivity index (χ2v) is 15.7. The van der Waals surface area contributed by atoms with E-state index in [2.05, 4.69) is 48.5 Å². The number of carboxylic acid groups (broad SMARTS) is 1. The largest absolute Gasteiger partial charge is 0.481 e.